The Morgan fingerprint density at radius 1 is 1.50 bits per heavy atom. The fourth-order valence-electron chi connectivity index (χ4n) is 1.30. The monoisotopic (exact) mass is 138 g/mol. The van der Waals surface area contributed by atoms with Gasteiger partial charge in [0.2, 0.25) is 0 Å². The standard InChI is InChI=1S/C10H18/c1-8(2)9(3)7-10-5-4-6-10/h8,10H,3-7H2,1-2H3. The third-order valence-corrected chi connectivity index (χ3v) is 2.59. The lowest BCUT2D eigenvalue weighted by molar-refractivity contribution is 0.307. The predicted molar refractivity (Wildman–Crippen MR) is 45.9 cm³/mol. The average Bonchev–Trinajstić information content (AvgIpc) is 1.77. The summed E-state index contributed by atoms with van der Waals surface area (Å²) in [5, 5.41) is 0. The maximum atomic E-state index is 4.08. The zero-order valence-electron chi connectivity index (χ0n) is 7.19. The molecule has 0 atom stereocenters. The van der Waals surface area contributed by atoms with Crippen LogP contribution in [0.1, 0.15) is 39.5 Å². The molecule has 0 radical (unpaired) electrons. The van der Waals surface area contributed by atoms with Crippen LogP contribution in [0.3, 0.4) is 0 Å². The van der Waals surface area contributed by atoms with E-state index in [1.807, 2.05) is 0 Å². The van der Waals surface area contributed by atoms with E-state index in [0.717, 1.165) is 5.92 Å². The molecule has 0 saturated heterocycles. The first-order valence-corrected chi connectivity index (χ1v) is 4.38. The van der Waals surface area contributed by atoms with Crippen molar-refractivity contribution in [1.82, 2.24) is 0 Å². The summed E-state index contributed by atoms with van der Waals surface area (Å²) in [6, 6.07) is 0. The van der Waals surface area contributed by atoms with Crippen molar-refractivity contribution in [1.29, 1.82) is 0 Å². The van der Waals surface area contributed by atoms with E-state index in [9.17, 15) is 0 Å². The summed E-state index contributed by atoms with van der Waals surface area (Å²) in [6.07, 6.45) is 5.64. The van der Waals surface area contributed by atoms with Crippen molar-refractivity contribution in [3.8, 4) is 0 Å². The van der Waals surface area contributed by atoms with Crippen LogP contribution in [0.4, 0.5) is 0 Å². The summed E-state index contributed by atoms with van der Waals surface area (Å²) in [5.41, 5.74) is 1.45. The van der Waals surface area contributed by atoms with E-state index in [0.29, 0.717) is 5.92 Å². The Hall–Kier alpha value is -0.260. The van der Waals surface area contributed by atoms with Gasteiger partial charge in [0.25, 0.3) is 0 Å². The molecule has 58 valence electrons. The lowest BCUT2D eigenvalue weighted by Crippen LogP contribution is -2.12. The van der Waals surface area contributed by atoms with Crippen molar-refractivity contribution < 1.29 is 0 Å². The van der Waals surface area contributed by atoms with Gasteiger partial charge in [-0.05, 0) is 18.3 Å². The quantitative estimate of drug-likeness (QED) is 0.524. The van der Waals surface area contributed by atoms with Crippen molar-refractivity contribution >= 4 is 0 Å². The third kappa shape index (κ3) is 1.86. The molecule has 1 rings (SSSR count). The van der Waals surface area contributed by atoms with Gasteiger partial charge >= 0.3 is 0 Å². The van der Waals surface area contributed by atoms with Crippen LogP contribution in [0, 0.1) is 11.8 Å². The van der Waals surface area contributed by atoms with Crippen LogP contribution in [0.25, 0.3) is 0 Å². The van der Waals surface area contributed by atoms with Crippen molar-refractivity contribution in [2.45, 2.75) is 39.5 Å². The van der Waals surface area contributed by atoms with Crippen molar-refractivity contribution in [2.24, 2.45) is 11.8 Å². The molecule has 0 heterocycles. The third-order valence-electron chi connectivity index (χ3n) is 2.59. The second-order valence-corrected chi connectivity index (χ2v) is 3.81. The molecule has 1 aliphatic carbocycles. The number of hydrogen-bond donors (Lipinski definition) is 0. The molecule has 0 bridgehead atoms. The minimum atomic E-state index is 0.695. The molecular formula is C10H18. The highest BCUT2D eigenvalue weighted by molar-refractivity contribution is 5.00. The second kappa shape index (κ2) is 3.23. The summed E-state index contributed by atoms with van der Waals surface area (Å²) in [5.74, 6) is 1.69. The molecule has 0 aromatic rings. The smallest absolute Gasteiger partial charge is 0.0263 e. The SMILES string of the molecule is C=C(CC1CCC1)C(C)C. The summed E-state index contributed by atoms with van der Waals surface area (Å²) in [7, 11) is 0. The van der Waals surface area contributed by atoms with Crippen molar-refractivity contribution in [2.75, 3.05) is 0 Å². The van der Waals surface area contributed by atoms with Crippen LogP contribution in [0.5, 0.6) is 0 Å². The topological polar surface area (TPSA) is 0 Å². The van der Waals surface area contributed by atoms with Gasteiger partial charge in [-0.25, -0.2) is 0 Å². The van der Waals surface area contributed by atoms with Gasteiger partial charge in [-0.3, -0.25) is 0 Å². The molecule has 1 aliphatic rings. The lowest BCUT2D eigenvalue weighted by Gasteiger charge is -2.27. The molecule has 1 saturated carbocycles. The summed E-state index contributed by atoms with van der Waals surface area (Å²) >= 11 is 0. The normalized spacial score (nSPS) is 19.1. The average molecular weight is 138 g/mol. The van der Waals surface area contributed by atoms with Crippen molar-refractivity contribution in [3.05, 3.63) is 12.2 Å². The van der Waals surface area contributed by atoms with Gasteiger partial charge in [0.1, 0.15) is 0 Å². The molecule has 0 aromatic heterocycles. The van der Waals surface area contributed by atoms with E-state index >= 15 is 0 Å². The van der Waals surface area contributed by atoms with E-state index in [-0.39, 0.29) is 0 Å². The van der Waals surface area contributed by atoms with E-state index in [4.69, 9.17) is 0 Å². The molecule has 0 amide bonds. The fraction of sp³-hybridized carbons (Fsp3) is 0.800. The number of allylic oxidation sites excluding steroid dienone is 1. The van der Waals surface area contributed by atoms with Crippen LogP contribution in [0.2, 0.25) is 0 Å². The Morgan fingerprint density at radius 2 is 2.10 bits per heavy atom. The van der Waals surface area contributed by atoms with Crippen LogP contribution >= 0.6 is 0 Å². The van der Waals surface area contributed by atoms with E-state index < -0.39 is 0 Å². The van der Waals surface area contributed by atoms with Gasteiger partial charge in [0.15, 0.2) is 0 Å². The maximum absolute atomic E-state index is 4.08. The number of hydrogen-bond acceptors (Lipinski definition) is 0. The summed E-state index contributed by atoms with van der Waals surface area (Å²) in [4.78, 5) is 0. The highest BCUT2D eigenvalue weighted by Crippen LogP contribution is 2.33. The Bertz CT molecular complexity index is 118. The maximum Gasteiger partial charge on any atom is -0.0263 e. The molecule has 1 fully saturated rings. The van der Waals surface area contributed by atoms with Crippen molar-refractivity contribution in [3.63, 3.8) is 0 Å². The number of rotatable bonds is 3. The molecule has 0 aromatic carbocycles. The van der Waals surface area contributed by atoms with E-state index in [1.165, 1.54) is 31.3 Å². The Morgan fingerprint density at radius 3 is 2.40 bits per heavy atom. The predicted octanol–water partition coefficient (Wildman–Crippen LogP) is 3.39. The minimum Gasteiger partial charge on any atom is -0.0996 e. The highest BCUT2D eigenvalue weighted by Gasteiger charge is 2.18. The Labute approximate surface area is 64.3 Å². The molecule has 0 heteroatoms. The van der Waals surface area contributed by atoms with Gasteiger partial charge in [-0.15, -0.1) is 0 Å². The van der Waals surface area contributed by atoms with Gasteiger partial charge in [0, 0.05) is 0 Å². The molecule has 0 N–H and O–H groups in total. The lowest BCUT2D eigenvalue weighted by atomic mass is 9.79. The first-order chi connectivity index (χ1) is 4.70. The van der Waals surface area contributed by atoms with Gasteiger partial charge < -0.3 is 0 Å². The first kappa shape index (κ1) is 7.84. The summed E-state index contributed by atoms with van der Waals surface area (Å²) in [6.45, 7) is 8.55. The van der Waals surface area contributed by atoms with Crippen LogP contribution in [-0.4, -0.2) is 0 Å². The van der Waals surface area contributed by atoms with Gasteiger partial charge in [-0.2, -0.15) is 0 Å². The molecule has 0 aliphatic heterocycles. The minimum absolute atomic E-state index is 0.695. The van der Waals surface area contributed by atoms with Crippen LogP contribution in [0.15, 0.2) is 12.2 Å². The van der Waals surface area contributed by atoms with Gasteiger partial charge in [0.05, 0.1) is 0 Å². The van der Waals surface area contributed by atoms with E-state index in [1.54, 1.807) is 0 Å². The highest BCUT2D eigenvalue weighted by atomic mass is 14.2. The largest absolute Gasteiger partial charge is 0.0996 e. The fourth-order valence-corrected chi connectivity index (χ4v) is 1.30. The second-order valence-electron chi connectivity index (χ2n) is 3.81. The van der Waals surface area contributed by atoms with E-state index in [2.05, 4.69) is 20.4 Å². The molecule has 0 nitrogen and oxygen atoms in total. The Kier molecular flexibility index (Phi) is 2.53. The zero-order valence-corrected chi connectivity index (χ0v) is 7.19. The summed E-state index contributed by atoms with van der Waals surface area (Å²) < 4.78 is 0. The molecular weight excluding hydrogens is 120 g/mol. The van der Waals surface area contributed by atoms with Crippen LogP contribution in [-0.2, 0) is 0 Å². The molecule has 10 heavy (non-hydrogen) atoms. The molecule has 0 unspecified atom stereocenters. The first-order valence-electron chi connectivity index (χ1n) is 4.38. The Balaban J connectivity index is 2.17. The molecule has 0 spiro atoms. The zero-order chi connectivity index (χ0) is 7.56. The van der Waals surface area contributed by atoms with Gasteiger partial charge in [-0.1, -0.05) is 45.3 Å². The van der Waals surface area contributed by atoms with Crippen LogP contribution < -0.4 is 0 Å².